The second kappa shape index (κ2) is 4.32. The summed E-state index contributed by atoms with van der Waals surface area (Å²) in [6.45, 7) is 0.813. The van der Waals surface area contributed by atoms with Gasteiger partial charge in [0.25, 0.3) is 5.56 Å². The van der Waals surface area contributed by atoms with Crippen molar-refractivity contribution in [3.8, 4) is 0 Å². The van der Waals surface area contributed by atoms with E-state index in [1.165, 1.54) is 11.1 Å². The molecule has 4 rings (SSSR count). The molecule has 0 spiro atoms. The summed E-state index contributed by atoms with van der Waals surface area (Å²) in [6, 6.07) is 18.1. The molecule has 20 heavy (non-hydrogen) atoms. The Hall–Kier alpha value is -2.39. The molecule has 1 aliphatic heterocycles. The quantitative estimate of drug-likeness (QED) is 0.708. The Bertz CT molecular complexity index is 851. The minimum atomic E-state index is -0.0158. The van der Waals surface area contributed by atoms with Gasteiger partial charge < -0.3 is 10.3 Å². The van der Waals surface area contributed by atoms with Crippen LogP contribution in [0.5, 0.6) is 0 Å². The molecular weight excluding hydrogens is 248 g/mol. The molecule has 3 aromatic rings. The SMILES string of the molecule is O=c1[nH]c2ccccc2cc1C1NCc2ccccc21. The first-order valence-electron chi connectivity index (χ1n) is 6.76. The average molecular weight is 262 g/mol. The molecule has 1 aliphatic rings. The molecule has 0 fully saturated rings. The number of aromatic amines is 1. The highest BCUT2D eigenvalue weighted by Gasteiger charge is 2.25. The molecule has 0 saturated heterocycles. The molecule has 2 heterocycles. The van der Waals surface area contributed by atoms with Gasteiger partial charge in [0.05, 0.1) is 6.04 Å². The highest BCUT2D eigenvalue weighted by atomic mass is 16.1. The molecule has 3 nitrogen and oxygen atoms in total. The molecule has 1 unspecified atom stereocenters. The molecule has 0 saturated carbocycles. The second-order valence-electron chi connectivity index (χ2n) is 5.15. The van der Waals surface area contributed by atoms with E-state index in [2.05, 4.69) is 22.4 Å². The summed E-state index contributed by atoms with van der Waals surface area (Å²) in [4.78, 5) is 15.3. The van der Waals surface area contributed by atoms with Crippen molar-refractivity contribution in [2.24, 2.45) is 0 Å². The molecule has 0 amide bonds. The minimum Gasteiger partial charge on any atom is -0.322 e. The monoisotopic (exact) mass is 262 g/mol. The number of benzene rings is 2. The first kappa shape index (κ1) is 11.4. The third-order valence-corrected chi connectivity index (χ3v) is 3.96. The number of nitrogens with one attached hydrogen (secondary N) is 2. The third-order valence-electron chi connectivity index (χ3n) is 3.96. The fourth-order valence-corrected chi connectivity index (χ4v) is 2.95. The molecule has 3 heteroatoms. The minimum absolute atomic E-state index is 0.0143. The largest absolute Gasteiger partial charge is 0.322 e. The standard InChI is InChI=1S/C17H14N2O/c20-17-14(9-11-5-2-4-8-15(11)19-17)16-13-7-3-1-6-12(13)10-18-16/h1-9,16,18H,10H2,(H,19,20). The van der Waals surface area contributed by atoms with E-state index < -0.39 is 0 Å². The number of aromatic nitrogens is 1. The molecule has 0 bridgehead atoms. The van der Waals surface area contributed by atoms with Gasteiger partial charge in [-0.05, 0) is 28.6 Å². The summed E-state index contributed by atoms with van der Waals surface area (Å²) in [5.41, 5.74) is 4.12. The smallest absolute Gasteiger partial charge is 0.253 e. The molecule has 0 aliphatic carbocycles. The Labute approximate surface area is 116 Å². The first-order chi connectivity index (χ1) is 9.83. The number of fused-ring (bicyclic) bond motifs is 2. The number of hydrogen-bond acceptors (Lipinski definition) is 2. The van der Waals surface area contributed by atoms with Gasteiger partial charge >= 0.3 is 0 Å². The van der Waals surface area contributed by atoms with Crippen molar-refractivity contribution < 1.29 is 0 Å². The van der Waals surface area contributed by atoms with Crippen LogP contribution in [-0.2, 0) is 6.54 Å². The number of H-pyrrole nitrogens is 1. The van der Waals surface area contributed by atoms with E-state index in [-0.39, 0.29) is 11.6 Å². The summed E-state index contributed by atoms with van der Waals surface area (Å²) in [6.07, 6.45) is 0. The topological polar surface area (TPSA) is 44.9 Å². The van der Waals surface area contributed by atoms with Gasteiger partial charge in [0.2, 0.25) is 0 Å². The molecule has 0 radical (unpaired) electrons. The Morgan fingerprint density at radius 3 is 2.70 bits per heavy atom. The molecule has 2 aromatic carbocycles. The Balaban J connectivity index is 1.91. The van der Waals surface area contributed by atoms with Gasteiger partial charge in [-0.2, -0.15) is 0 Å². The zero-order valence-electron chi connectivity index (χ0n) is 10.9. The fraction of sp³-hybridized carbons (Fsp3) is 0.118. The third kappa shape index (κ3) is 1.67. The van der Waals surface area contributed by atoms with E-state index in [0.29, 0.717) is 0 Å². The average Bonchev–Trinajstić information content (AvgIpc) is 2.90. The van der Waals surface area contributed by atoms with E-state index in [1.807, 2.05) is 42.5 Å². The summed E-state index contributed by atoms with van der Waals surface area (Å²) >= 11 is 0. The summed E-state index contributed by atoms with van der Waals surface area (Å²) in [7, 11) is 0. The molecule has 2 N–H and O–H groups in total. The molecule has 1 atom stereocenters. The zero-order valence-corrected chi connectivity index (χ0v) is 10.9. The van der Waals surface area contributed by atoms with Crippen LogP contribution in [-0.4, -0.2) is 4.98 Å². The predicted octanol–water partition coefficient (Wildman–Crippen LogP) is 2.72. The maximum atomic E-state index is 12.3. The van der Waals surface area contributed by atoms with Crippen LogP contribution in [0.15, 0.2) is 59.4 Å². The molecule has 98 valence electrons. The van der Waals surface area contributed by atoms with Crippen molar-refractivity contribution >= 4 is 10.9 Å². The zero-order chi connectivity index (χ0) is 13.5. The van der Waals surface area contributed by atoms with Crippen molar-refractivity contribution in [3.05, 3.63) is 81.6 Å². The van der Waals surface area contributed by atoms with Gasteiger partial charge in [-0.1, -0.05) is 42.5 Å². The maximum absolute atomic E-state index is 12.3. The number of pyridine rings is 1. The van der Waals surface area contributed by atoms with Crippen LogP contribution in [0, 0.1) is 0 Å². The van der Waals surface area contributed by atoms with E-state index >= 15 is 0 Å². The van der Waals surface area contributed by atoms with Crippen LogP contribution in [0.2, 0.25) is 0 Å². The lowest BCUT2D eigenvalue weighted by atomic mass is 9.98. The molecular formula is C17H14N2O. The van der Waals surface area contributed by atoms with Crippen molar-refractivity contribution in [1.82, 2.24) is 10.3 Å². The highest BCUT2D eigenvalue weighted by molar-refractivity contribution is 5.79. The lowest BCUT2D eigenvalue weighted by molar-refractivity contribution is 0.661. The normalized spacial score (nSPS) is 17.3. The Kier molecular flexibility index (Phi) is 2.47. The second-order valence-corrected chi connectivity index (χ2v) is 5.15. The van der Waals surface area contributed by atoms with E-state index in [9.17, 15) is 4.79 Å². The number of hydrogen-bond donors (Lipinski definition) is 2. The van der Waals surface area contributed by atoms with Gasteiger partial charge in [0.1, 0.15) is 0 Å². The van der Waals surface area contributed by atoms with E-state index in [1.54, 1.807) is 0 Å². The van der Waals surface area contributed by atoms with Crippen LogP contribution in [0.1, 0.15) is 22.7 Å². The number of para-hydroxylation sites is 1. The van der Waals surface area contributed by atoms with Crippen molar-refractivity contribution in [2.45, 2.75) is 12.6 Å². The van der Waals surface area contributed by atoms with Crippen molar-refractivity contribution in [3.63, 3.8) is 0 Å². The van der Waals surface area contributed by atoms with Gasteiger partial charge in [-0.15, -0.1) is 0 Å². The maximum Gasteiger partial charge on any atom is 0.253 e. The van der Waals surface area contributed by atoms with Gasteiger partial charge in [-0.25, -0.2) is 0 Å². The highest BCUT2D eigenvalue weighted by Crippen LogP contribution is 2.29. The Morgan fingerprint density at radius 2 is 1.75 bits per heavy atom. The van der Waals surface area contributed by atoms with Gasteiger partial charge in [0.15, 0.2) is 0 Å². The van der Waals surface area contributed by atoms with Gasteiger partial charge in [-0.3, -0.25) is 4.79 Å². The van der Waals surface area contributed by atoms with Gasteiger partial charge in [0, 0.05) is 17.6 Å². The predicted molar refractivity (Wildman–Crippen MR) is 79.7 cm³/mol. The van der Waals surface area contributed by atoms with E-state index in [0.717, 1.165) is 23.0 Å². The van der Waals surface area contributed by atoms with Crippen LogP contribution < -0.4 is 10.9 Å². The lowest BCUT2D eigenvalue weighted by Crippen LogP contribution is -2.23. The number of rotatable bonds is 1. The summed E-state index contributed by atoms with van der Waals surface area (Å²) in [5.74, 6) is 0. The van der Waals surface area contributed by atoms with Crippen molar-refractivity contribution in [1.29, 1.82) is 0 Å². The fourth-order valence-electron chi connectivity index (χ4n) is 2.95. The van der Waals surface area contributed by atoms with E-state index in [4.69, 9.17) is 0 Å². The van der Waals surface area contributed by atoms with Crippen LogP contribution in [0.25, 0.3) is 10.9 Å². The van der Waals surface area contributed by atoms with Crippen LogP contribution >= 0.6 is 0 Å². The van der Waals surface area contributed by atoms with Crippen LogP contribution in [0.4, 0.5) is 0 Å². The summed E-state index contributed by atoms with van der Waals surface area (Å²) in [5, 5.41) is 4.49. The molecule has 1 aromatic heterocycles. The van der Waals surface area contributed by atoms with Crippen molar-refractivity contribution in [2.75, 3.05) is 0 Å². The van der Waals surface area contributed by atoms with Crippen LogP contribution in [0.3, 0.4) is 0 Å². The Morgan fingerprint density at radius 1 is 0.950 bits per heavy atom. The first-order valence-corrected chi connectivity index (χ1v) is 6.76. The lowest BCUT2D eigenvalue weighted by Gasteiger charge is -2.12. The summed E-state index contributed by atoms with van der Waals surface area (Å²) < 4.78 is 0.